The minimum Gasteiger partial charge on any atom is -0.480 e. The maximum absolute atomic E-state index is 12.1. The number of nitrogens with zero attached hydrogens (tertiary/aromatic N) is 1. The van der Waals surface area contributed by atoms with Gasteiger partial charge in [-0.2, -0.15) is 0 Å². The number of carbonyl (C=O) groups excluding carboxylic acids is 1. The molecule has 1 aliphatic rings. The molecular weight excluding hydrogens is 232 g/mol. The Hall–Kier alpha value is -1.26. The first kappa shape index (κ1) is 14.8. The van der Waals surface area contributed by atoms with Crippen molar-refractivity contribution in [2.45, 2.75) is 52.6 Å². The van der Waals surface area contributed by atoms with Crippen molar-refractivity contribution >= 4 is 12.0 Å². The highest BCUT2D eigenvalue weighted by Crippen LogP contribution is 2.22. The van der Waals surface area contributed by atoms with Crippen LogP contribution >= 0.6 is 0 Å². The van der Waals surface area contributed by atoms with Gasteiger partial charge < -0.3 is 15.3 Å². The van der Waals surface area contributed by atoms with Crippen molar-refractivity contribution < 1.29 is 14.7 Å². The number of carbonyl (C=O) groups is 2. The number of hydrogen-bond acceptors (Lipinski definition) is 2. The van der Waals surface area contributed by atoms with E-state index < -0.39 is 12.0 Å². The minimum atomic E-state index is -0.976. The summed E-state index contributed by atoms with van der Waals surface area (Å²) in [6.45, 7) is 8.44. The van der Waals surface area contributed by atoms with Crippen molar-refractivity contribution in [3.05, 3.63) is 0 Å². The highest BCUT2D eigenvalue weighted by Gasteiger charge is 2.31. The summed E-state index contributed by atoms with van der Waals surface area (Å²) in [5.41, 5.74) is 0. The second kappa shape index (κ2) is 6.07. The Kier molecular flexibility index (Phi) is 4.99. The third-order valence-corrected chi connectivity index (χ3v) is 3.85. The standard InChI is InChI=1S/C13H24N2O3/c1-8(2)11(12(16)17)14-13(18)15-7-5-6-9(3)10(15)4/h8-11H,5-7H2,1-4H3,(H,14,18)(H,16,17). The van der Waals surface area contributed by atoms with Crippen molar-refractivity contribution in [1.82, 2.24) is 10.2 Å². The van der Waals surface area contributed by atoms with Gasteiger partial charge in [-0.15, -0.1) is 0 Å². The average Bonchev–Trinajstić information content (AvgIpc) is 2.28. The fourth-order valence-electron chi connectivity index (χ4n) is 2.35. The molecule has 3 unspecified atom stereocenters. The zero-order valence-corrected chi connectivity index (χ0v) is 11.6. The molecule has 2 amide bonds. The molecule has 0 saturated carbocycles. The molecule has 5 heteroatoms. The molecule has 0 radical (unpaired) electrons. The second-order valence-electron chi connectivity index (χ2n) is 5.56. The van der Waals surface area contributed by atoms with Gasteiger partial charge in [-0.25, -0.2) is 9.59 Å². The molecule has 1 rings (SSSR count). The zero-order valence-electron chi connectivity index (χ0n) is 11.6. The van der Waals surface area contributed by atoms with E-state index in [2.05, 4.69) is 12.2 Å². The van der Waals surface area contributed by atoms with Crippen LogP contribution in [0.3, 0.4) is 0 Å². The molecule has 3 atom stereocenters. The van der Waals surface area contributed by atoms with Gasteiger partial charge in [-0.3, -0.25) is 0 Å². The van der Waals surface area contributed by atoms with Crippen LogP contribution in [0.5, 0.6) is 0 Å². The summed E-state index contributed by atoms with van der Waals surface area (Å²) in [6.07, 6.45) is 2.11. The van der Waals surface area contributed by atoms with Crippen LogP contribution in [-0.4, -0.2) is 40.6 Å². The van der Waals surface area contributed by atoms with Crippen LogP contribution in [0.2, 0.25) is 0 Å². The van der Waals surface area contributed by atoms with E-state index in [1.165, 1.54) is 0 Å². The van der Waals surface area contributed by atoms with Crippen LogP contribution in [0.1, 0.15) is 40.5 Å². The second-order valence-corrected chi connectivity index (χ2v) is 5.56. The smallest absolute Gasteiger partial charge is 0.326 e. The number of rotatable bonds is 3. The van der Waals surface area contributed by atoms with Crippen molar-refractivity contribution in [2.75, 3.05) is 6.54 Å². The van der Waals surface area contributed by atoms with E-state index in [9.17, 15) is 9.59 Å². The molecule has 0 aliphatic carbocycles. The maximum atomic E-state index is 12.1. The number of nitrogens with one attached hydrogen (secondary N) is 1. The Morgan fingerprint density at radius 2 is 1.94 bits per heavy atom. The lowest BCUT2D eigenvalue weighted by atomic mass is 9.92. The van der Waals surface area contributed by atoms with Gasteiger partial charge in [-0.05, 0) is 31.6 Å². The van der Waals surface area contributed by atoms with Gasteiger partial charge in [0.1, 0.15) is 6.04 Å². The number of amides is 2. The molecule has 1 heterocycles. The quantitative estimate of drug-likeness (QED) is 0.810. The molecule has 104 valence electrons. The van der Waals surface area contributed by atoms with Crippen molar-refractivity contribution in [2.24, 2.45) is 11.8 Å². The maximum Gasteiger partial charge on any atom is 0.326 e. The number of urea groups is 1. The Balaban J connectivity index is 2.66. The molecule has 5 nitrogen and oxygen atoms in total. The summed E-state index contributed by atoms with van der Waals surface area (Å²) >= 11 is 0. The Morgan fingerprint density at radius 1 is 1.33 bits per heavy atom. The minimum absolute atomic E-state index is 0.121. The third kappa shape index (κ3) is 3.37. The van der Waals surface area contributed by atoms with Crippen LogP contribution in [-0.2, 0) is 4.79 Å². The van der Waals surface area contributed by atoms with Crippen LogP contribution in [0.25, 0.3) is 0 Å². The van der Waals surface area contributed by atoms with Gasteiger partial charge in [-0.1, -0.05) is 20.8 Å². The molecule has 0 aromatic heterocycles. The molecule has 0 aromatic carbocycles. The largest absolute Gasteiger partial charge is 0.480 e. The molecule has 0 spiro atoms. The van der Waals surface area contributed by atoms with E-state index in [1.807, 2.05) is 6.92 Å². The zero-order chi connectivity index (χ0) is 13.9. The van der Waals surface area contributed by atoms with Gasteiger partial charge in [0, 0.05) is 12.6 Å². The van der Waals surface area contributed by atoms with E-state index >= 15 is 0 Å². The van der Waals surface area contributed by atoms with Gasteiger partial charge in [0.25, 0.3) is 0 Å². The molecular formula is C13H24N2O3. The number of likely N-dealkylation sites (tertiary alicyclic amines) is 1. The van der Waals surface area contributed by atoms with Crippen LogP contribution in [0.15, 0.2) is 0 Å². The lowest BCUT2D eigenvalue weighted by molar-refractivity contribution is -0.140. The summed E-state index contributed by atoms with van der Waals surface area (Å²) in [5, 5.41) is 11.7. The predicted octanol–water partition coefficient (Wildman–Crippen LogP) is 1.93. The highest BCUT2D eigenvalue weighted by atomic mass is 16.4. The lowest BCUT2D eigenvalue weighted by Gasteiger charge is -2.38. The monoisotopic (exact) mass is 256 g/mol. The van der Waals surface area contributed by atoms with Crippen molar-refractivity contribution in [3.8, 4) is 0 Å². The average molecular weight is 256 g/mol. The van der Waals surface area contributed by atoms with E-state index in [4.69, 9.17) is 5.11 Å². The van der Waals surface area contributed by atoms with Crippen LogP contribution in [0.4, 0.5) is 4.79 Å². The summed E-state index contributed by atoms with van der Waals surface area (Å²) < 4.78 is 0. The van der Waals surface area contributed by atoms with Gasteiger partial charge in [0.05, 0.1) is 0 Å². The third-order valence-electron chi connectivity index (χ3n) is 3.85. The molecule has 1 aliphatic heterocycles. The summed E-state index contributed by atoms with van der Waals surface area (Å²) in [6, 6.07) is -0.905. The van der Waals surface area contributed by atoms with Gasteiger partial charge >= 0.3 is 12.0 Å². The van der Waals surface area contributed by atoms with Crippen molar-refractivity contribution in [3.63, 3.8) is 0 Å². The number of piperidine rings is 1. The normalized spacial score (nSPS) is 25.9. The Morgan fingerprint density at radius 3 is 2.44 bits per heavy atom. The molecule has 0 bridgehead atoms. The highest BCUT2D eigenvalue weighted by molar-refractivity contribution is 5.83. The molecule has 0 aromatic rings. The van der Waals surface area contributed by atoms with Gasteiger partial charge in [0.2, 0.25) is 0 Å². The summed E-state index contributed by atoms with van der Waals surface area (Å²) in [4.78, 5) is 25.0. The van der Waals surface area contributed by atoms with E-state index in [-0.39, 0.29) is 18.0 Å². The topological polar surface area (TPSA) is 69.6 Å². The molecule has 1 saturated heterocycles. The van der Waals surface area contributed by atoms with E-state index in [1.54, 1.807) is 18.7 Å². The van der Waals surface area contributed by atoms with E-state index in [0.29, 0.717) is 12.5 Å². The first-order valence-electron chi connectivity index (χ1n) is 6.64. The van der Waals surface area contributed by atoms with Crippen LogP contribution < -0.4 is 5.32 Å². The molecule has 18 heavy (non-hydrogen) atoms. The van der Waals surface area contributed by atoms with Gasteiger partial charge in [0.15, 0.2) is 0 Å². The Bertz CT molecular complexity index is 317. The molecule has 2 N–H and O–H groups in total. The first-order valence-corrected chi connectivity index (χ1v) is 6.64. The summed E-state index contributed by atoms with van der Waals surface area (Å²) in [7, 11) is 0. The lowest BCUT2D eigenvalue weighted by Crippen LogP contribution is -2.55. The molecule has 1 fully saturated rings. The fourth-order valence-corrected chi connectivity index (χ4v) is 2.35. The number of hydrogen-bond donors (Lipinski definition) is 2. The first-order chi connectivity index (χ1) is 8.34. The SMILES string of the molecule is CC(C)C(NC(=O)N1CCCC(C)C1C)C(=O)O. The number of carboxylic acid groups (broad SMARTS) is 1. The van der Waals surface area contributed by atoms with E-state index in [0.717, 1.165) is 12.8 Å². The Labute approximate surface area is 109 Å². The summed E-state index contributed by atoms with van der Waals surface area (Å²) in [5.74, 6) is -0.633. The predicted molar refractivity (Wildman–Crippen MR) is 69.4 cm³/mol. The fraction of sp³-hybridized carbons (Fsp3) is 0.846. The van der Waals surface area contributed by atoms with Crippen LogP contribution in [0, 0.1) is 11.8 Å². The van der Waals surface area contributed by atoms with Crippen molar-refractivity contribution in [1.29, 1.82) is 0 Å². The number of aliphatic carboxylic acids is 1. The number of carboxylic acids is 1.